The standard InChI is InChI=1S/C17H30N4/c1-5-8-20-9-11-21(12-10-20)16-6-7-18-15(13-16)14-19-17(2,3)4/h6-7,13,19H,5,8-12,14H2,1-4H3. The van der Waals surface area contributed by atoms with Crippen LogP contribution in [0.1, 0.15) is 39.8 Å². The highest BCUT2D eigenvalue weighted by Gasteiger charge is 2.17. The number of nitrogens with one attached hydrogen (secondary N) is 1. The van der Waals surface area contributed by atoms with E-state index in [1.54, 1.807) is 0 Å². The largest absolute Gasteiger partial charge is 0.369 e. The molecule has 1 aromatic rings. The second kappa shape index (κ2) is 7.23. The first kappa shape index (κ1) is 16.2. The van der Waals surface area contributed by atoms with Crippen molar-refractivity contribution in [2.45, 2.75) is 46.2 Å². The predicted octanol–water partition coefficient (Wildman–Crippen LogP) is 2.50. The van der Waals surface area contributed by atoms with E-state index in [1.165, 1.54) is 31.7 Å². The van der Waals surface area contributed by atoms with Gasteiger partial charge in [-0.15, -0.1) is 0 Å². The van der Waals surface area contributed by atoms with Crippen LogP contribution in [0.5, 0.6) is 0 Å². The molecule has 4 nitrogen and oxygen atoms in total. The van der Waals surface area contributed by atoms with E-state index in [0.29, 0.717) is 0 Å². The summed E-state index contributed by atoms with van der Waals surface area (Å²) < 4.78 is 0. The number of hydrogen-bond donors (Lipinski definition) is 1. The number of pyridine rings is 1. The van der Waals surface area contributed by atoms with Gasteiger partial charge in [0.1, 0.15) is 0 Å². The lowest BCUT2D eigenvalue weighted by Gasteiger charge is -2.36. The molecule has 0 radical (unpaired) electrons. The summed E-state index contributed by atoms with van der Waals surface area (Å²) in [5.74, 6) is 0. The minimum absolute atomic E-state index is 0.128. The molecule has 0 spiro atoms. The van der Waals surface area contributed by atoms with Crippen molar-refractivity contribution in [3.63, 3.8) is 0 Å². The van der Waals surface area contributed by atoms with Gasteiger partial charge in [0.2, 0.25) is 0 Å². The van der Waals surface area contributed by atoms with Gasteiger partial charge in [-0.3, -0.25) is 9.88 Å². The van der Waals surface area contributed by atoms with Crippen molar-refractivity contribution in [3.8, 4) is 0 Å². The van der Waals surface area contributed by atoms with Crippen LogP contribution in [-0.2, 0) is 6.54 Å². The van der Waals surface area contributed by atoms with Crippen LogP contribution in [0.15, 0.2) is 18.3 Å². The Labute approximate surface area is 129 Å². The normalized spacial score (nSPS) is 17.2. The molecule has 0 aromatic carbocycles. The van der Waals surface area contributed by atoms with Gasteiger partial charge < -0.3 is 10.2 Å². The van der Waals surface area contributed by atoms with E-state index < -0.39 is 0 Å². The highest BCUT2D eigenvalue weighted by atomic mass is 15.3. The van der Waals surface area contributed by atoms with E-state index in [1.807, 2.05) is 6.20 Å². The quantitative estimate of drug-likeness (QED) is 0.903. The van der Waals surface area contributed by atoms with Crippen LogP contribution >= 0.6 is 0 Å². The van der Waals surface area contributed by atoms with Crippen LogP contribution < -0.4 is 10.2 Å². The van der Waals surface area contributed by atoms with E-state index in [9.17, 15) is 0 Å². The second-order valence-corrected chi connectivity index (χ2v) is 6.94. The number of nitrogens with zero attached hydrogens (tertiary/aromatic N) is 3. The summed E-state index contributed by atoms with van der Waals surface area (Å²) in [7, 11) is 0. The Balaban J connectivity index is 1.92. The molecule has 1 aliphatic rings. The summed E-state index contributed by atoms with van der Waals surface area (Å²) in [5.41, 5.74) is 2.56. The van der Waals surface area contributed by atoms with Crippen LogP contribution in [0.2, 0.25) is 0 Å². The maximum absolute atomic E-state index is 4.48. The lowest BCUT2D eigenvalue weighted by Crippen LogP contribution is -2.46. The predicted molar refractivity (Wildman–Crippen MR) is 89.8 cm³/mol. The van der Waals surface area contributed by atoms with E-state index in [2.05, 4.69) is 59.9 Å². The Morgan fingerprint density at radius 2 is 1.90 bits per heavy atom. The lowest BCUT2D eigenvalue weighted by atomic mass is 10.1. The zero-order chi connectivity index (χ0) is 15.3. The molecule has 0 amide bonds. The maximum atomic E-state index is 4.48. The second-order valence-electron chi connectivity index (χ2n) is 6.94. The van der Waals surface area contributed by atoms with Gasteiger partial charge in [-0.05, 0) is 45.9 Å². The third-order valence-electron chi connectivity index (χ3n) is 3.88. The highest BCUT2D eigenvalue weighted by Crippen LogP contribution is 2.17. The van der Waals surface area contributed by atoms with Crippen LogP contribution in [0.3, 0.4) is 0 Å². The van der Waals surface area contributed by atoms with Gasteiger partial charge in [0, 0.05) is 50.1 Å². The molecule has 1 saturated heterocycles. The summed E-state index contributed by atoms with van der Waals surface area (Å²) >= 11 is 0. The monoisotopic (exact) mass is 290 g/mol. The summed E-state index contributed by atoms with van der Waals surface area (Å²) in [6.07, 6.45) is 3.19. The number of rotatable bonds is 5. The van der Waals surface area contributed by atoms with Gasteiger partial charge in [-0.25, -0.2) is 0 Å². The molecule has 1 aliphatic heterocycles. The fraction of sp³-hybridized carbons (Fsp3) is 0.706. The van der Waals surface area contributed by atoms with E-state index in [0.717, 1.165) is 25.3 Å². The Morgan fingerprint density at radius 1 is 1.19 bits per heavy atom. The lowest BCUT2D eigenvalue weighted by molar-refractivity contribution is 0.258. The van der Waals surface area contributed by atoms with Gasteiger partial charge in [0.15, 0.2) is 0 Å². The molecule has 0 bridgehead atoms. The van der Waals surface area contributed by atoms with Gasteiger partial charge in [0.05, 0.1) is 5.69 Å². The molecule has 1 N–H and O–H groups in total. The first-order chi connectivity index (χ1) is 9.98. The van der Waals surface area contributed by atoms with Crippen LogP contribution in [0.25, 0.3) is 0 Å². The molecule has 0 atom stereocenters. The molecular formula is C17H30N4. The molecule has 1 aromatic heterocycles. The number of piperazine rings is 1. The highest BCUT2D eigenvalue weighted by molar-refractivity contribution is 5.47. The fourth-order valence-corrected chi connectivity index (χ4v) is 2.66. The summed E-state index contributed by atoms with van der Waals surface area (Å²) in [4.78, 5) is 9.52. The number of hydrogen-bond acceptors (Lipinski definition) is 4. The maximum Gasteiger partial charge on any atom is 0.0562 e. The van der Waals surface area contributed by atoms with Crippen molar-refractivity contribution in [3.05, 3.63) is 24.0 Å². The first-order valence-electron chi connectivity index (χ1n) is 8.15. The summed E-state index contributed by atoms with van der Waals surface area (Å²) in [6.45, 7) is 15.4. The minimum atomic E-state index is 0.128. The summed E-state index contributed by atoms with van der Waals surface area (Å²) in [6, 6.07) is 4.37. The van der Waals surface area contributed by atoms with Crippen LogP contribution in [0.4, 0.5) is 5.69 Å². The molecule has 0 aliphatic carbocycles. The molecular weight excluding hydrogens is 260 g/mol. The minimum Gasteiger partial charge on any atom is -0.369 e. The van der Waals surface area contributed by atoms with E-state index in [4.69, 9.17) is 0 Å². The third kappa shape index (κ3) is 5.29. The van der Waals surface area contributed by atoms with Gasteiger partial charge in [-0.1, -0.05) is 6.92 Å². The van der Waals surface area contributed by atoms with Crippen molar-refractivity contribution >= 4 is 5.69 Å². The topological polar surface area (TPSA) is 31.4 Å². The van der Waals surface area contributed by atoms with Crippen molar-refractivity contribution in [1.29, 1.82) is 0 Å². The van der Waals surface area contributed by atoms with Gasteiger partial charge in [0.25, 0.3) is 0 Å². The average molecular weight is 290 g/mol. The zero-order valence-electron chi connectivity index (χ0n) is 14.0. The molecule has 118 valence electrons. The van der Waals surface area contributed by atoms with Gasteiger partial charge in [-0.2, -0.15) is 0 Å². The molecule has 4 heteroatoms. The molecule has 2 heterocycles. The zero-order valence-corrected chi connectivity index (χ0v) is 14.0. The van der Waals surface area contributed by atoms with Crippen molar-refractivity contribution in [1.82, 2.24) is 15.2 Å². The molecule has 0 unspecified atom stereocenters. The van der Waals surface area contributed by atoms with Crippen molar-refractivity contribution in [2.24, 2.45) is 0 Å². The molecule has 2 rings (SSSR count). The van der Waals surface area contributed by atoms with Gasteiger partial charge >= 0.3 is 0 Å². The third-order valence-corrected chi connectivity index (χ3v) is 3.88. The first-order valence-corrected chi connectivity index (χ1v) is 8.15. The van der Waals surface area contributed by atoms with Crippen LogP contribution in [-0.4, -0.2) is 48.1 Å². The Bertz CT molecular complexity index is 431. The number of aromatic nitrogens is 1. The molecule has 0 saturated carbocycles. The van der Waals surface area contributed by atoms with Crippen molar-refractivity contribution < 1.29 is 0 Å². The fourth-order valence-electron chi connectivity index (χ4n) is 2.66. The van der Waals surface area contributed by atoms with E-state index >= 15 is 0 Å². The van der Waals surface area contributed by atoms with Crippen LogP contribution in [0, 0.1) is 0 Å². The summed E-state index contributed by atoms with van der Waals surface area (Å²) in [5, 5.41) is 3.50. The average Bonchev–Trinajstić information content (AvgIpc) is 2.46. The van der Waals surface area contributed by atoms with E-state index in [-0.39, 0.29) is 5.54 Å². The number of anilines is 1. The molecule has 21 heavy (non-hydrogen) atoms. The molecule has 1 fully saturated rings. The Hall–Kier alpha value is -1.13. The SMILES string of the molecule is CCCN1CCN(c2ccnc(CNC(C)(C)C)c2)CC1. The Morgan fingerprint density at radius 3 is 2.52 bits per heavy atom. The smallest absolute Gasteiger partial charge is 0.0562 e. The van der Waals surface area contributed by atoms with Crippen molar-refractivity contribution in [2.75, 3.05) is 37.6 Å². The Kier molecular flexibility index (Phi) is 5.59.